The van der Waals surface area contributed by atoms with Crippen molar-refractivity contribution in [3.63, 3.8) is 0 Å². The van der Waals surface area contributed by atoms with E-state index >= 15 is 0 Å². The van der Waals surface area contributed by atoms with Crippen LogP contribution in [0.1, 0.15) is 37.8 Å². The normalized spacial score (nSPS) is 13.1. The Morgan fingerprint density at radius 2 is 1.12 bits per heavy atom. The van der Waals surface area contributed by atoms with E-state index in [2.05, 4.69) is 142 Å². The smallest absolute Gasteiger partial charge is 0.000473 e. The van der Waals surface area contributed by atoms with E-state index in [4.69, 9.17) is 0 Å². The van der Waals surface area contributed by atoms with Gasteiger partial charge in [-0.1, -0.05) is 128 Å². The first-order valence-corrected chi connectivity index (χ1v) is 11.3. The Labute approximate surface area is 192 Å². The fraction of sp³-hybridized carbons (Fsp3) is 0.125. The van der Waals surface area contributed by atoms with E-state index < -0.39 is 0 Å². The van der Waals surface area contributed by atoms with Crippen molar-refractivity contribution in [2.75, 3.05) is 0 Å². The topological polar surface area (TPSA) is 0 Å². The zero-order valence-electron chi connectivity index (χ0n) is 19.1. The fourth-order valence-electron chi connectivity index (χ4n) is 4.15. The van der Waals surface area contributed by atoms with Crippen LogP contribution in [0.25, 0.3) is 27.8 Å². The fourth-order valence-corrected chi connectivity index (χ4v) is 4.15. The lowest BCUT2D eigenvalue weighted by molar-refractivity contribution is 0.958. The Balaban J connectivity index is 1.54. The second-order valence-corrected chi connectivity index (χ2v) is 8.46. The Hall–Kier alpha value is -3.64. The molecular weight excluding hydrogens is 384 g/mol. The summed E-state index contributed by atoms with van der Waals surface area (Å²) in [4.78, 5) is 0. The van der Waals surface area contributed by atoms with Gasteiger partial charge in [0.05, 0.1) is 0 Å². The SMILES string of the molecule is CC(=C/C(C)c1ccccc1)/C=C(\C)c1cccc(-c2ccc(-c3ccccc3)cc2)c1. The summed E-state index contributed by atoms with van der Waals surface area (Å²) in [6.07, 6.45) is 4.63. The van der Waals surface area contributed by atoms with Crippen molar-refractivity contribution >= 4 is 5.57 Å². The van der Waals surface area contributed by atoms with Crippen molar-refractivity contribution in [1.82, 2.24) is 0 Å². The molecule has 4 rings (SSSR count). The summed E-state index contributed by atoms with van der Waals surface area (Å²) in [5.41, 5.74) is 10.2. The quantitative estimate of drug-likeness (QED) is 0.276. The second kappa shape index (κ2) is 10.1. The molecule has 0 amide bonds. The van der Waals surface area contributed by atoms with Crippen molar-refractivity contribution in [2.24, 2.45) is 0 Å². The highest BCUT2D eigenvalue weighted by molar-refractivity contribution is 5.75. The average molecular weight is 415 g/mol. The lowest BCUT2D eigenvalue weighted by atomic mass is 9.95. The molecule has 0 heteroatoms. The molecule has 4 aromatic carbocycles. The molecule has 0 N–H and O–H groups in total. The third-order valence-corrected chi connectivity index (χ3v) is 5.93. The molecule has 0 radical (unpaired) electrons. The predicted octanol–water partition coefficient (Wildman–Crippen LogP) is 9.17. The molecule has 0 heterocycles. The van der Waals surface area contributed by atoms with Gasteiger partial charge in [0.25, 0.3) is 0 Å². The van der Waals surface area contributed by atoms with Crippen molar-refractivity contribution in [3.05, 3.63) is 138 Å². The van der Waals surface area contributed by atoms with Crippen LogP contribution < -0.4 is 0 Å². The summed E-state index contributed by atoms with van der Waals surface area (Å²) >= 11 is 0. The third-order valence-electron chi connectivity index (χ3n) is 5.93. The zero-order valence-corrected chi connectivity index (χ0v) is 19.1. The van der Waals surface area contributed by atoms with Crippen LogP contribution in [0, 0.1) is 0 Å². The third kappa shape index (κ3) is 5.34. The highest BCUT2D eigenvalue weighted by atomic mass is 14.1. The van der Waals surface area contributed by atoms with E-state index in [0.717, 1.165) is 0 Å². The second-order valence-electron chi connectivity index (χ2n) is 8.46. The Morgan fingerprint density at radius 3 is 1.78 bits per heavy atom. The molecule has 158 valence electrons. The van der Waals surface area contributed by atoms with Gasteiger partial charge in [-0.15, -0.1) is 0 Å². The van der Waals surface area contributed by atoms with Gasteiger partial charge in [0.1, 0.15) is 0 Å². The Kier molecular flexibility index (Phi) is 6.82. The monoisotopic (exact) mass is 414 g/mol. The van der Waals surface area contributed by atoms with E-state index in [-0.39, 0.29) is 0 Å². The van der Waals surface area contributed by atoms with Gasteiger partial charge in [-0.3, -0.25) is 0 Å². The van der Waals surface area contributed by atoms with Crippen LogP contribution in [0.3, 0.4) is 0 Å². The molecule has 0 saturated carbocycles. The van der Waals surface area contributed by atoms with Crippen LogP contribution in [0.5, 0.6) is 0 Å². The number of hydrogen-bond acceptors (Lipinski definition) is 0. The molecule has 1 atom stereocenters. The maximum atomic E-state index is 2.34. The van der Waals surface area contributed by atoms with Crippen LogP contribution in [-0.4, -0.2) is 0 Å². The van der Waals surface area contributed by atoms with E-state index in [1.807, 2.05) is 0 Å². The maximum Gasteiger partial charge on any atom is -0.000473 e. The number of rotatable bonds is 6. The van der Waals surface area contributed by atoms with E-state index in [1.54, 1.807) is 0 Å². The van der Waals surface area contributed by atoms with Gasteiger partial charge >= 0.3 is 0 Å². The number of benzene rings is 4. The van der Waals surface area contributed by atoms with E-state index in [0.29, 0.717) is 5.92 Å². The van der Waals surface area contributed by atoms with Gasteiger partial charge < -0.3 is 0 Å². The van der Waals surface area contributed by atoms with Gasteiger partial charge in [-0.2, -0.15) is 0 Å². The summed E-state index contributed by atoms with van der Waals surface area (Å²) in [7, 11) is 0. The molecule has 1 unspecified atom stereocenters. The standard InChI is InChI=1S/C32H30/c1-24(21-25(2)27-11-6-4-7-12-27)22-26(3)31-15-10-16-32(23-31)30-19-17-29(18-20-30)28-13-8-5-9-14-28/h4-23,25H,1-3H3/b24-21-,26-22+. The lowest BCUT2D eigenvalue weighted by Gasteiger charge is -2.10. The first-order valence-electron chi connectivity index (χ1n) is 11.3. The molecule has 0 bridgehead atoms. The summed E-state index contributed by atoms with van der Waals surface area (Å²) < 4.78 is 0. The average Bonchev–Trinajstić information content (AvgIpc) is 2.85. The van der Waals surface area contributed by atoms with Crippen LogP contribution in [0.2, 0.25) is 0 Å². The van der Waals surface area contributed by atoms with Crippen LogP contribution in [0.4, 0.5) is 0 Å². The van der Waals surface area contributed by atoms with Crippen molar-refractivity contribution in [1.29, 1.82) is 0 Å². The molecule has 32 heavy (non-hydrogen) atoms. The highest BCUT2D eigenvalue weighted by Gasteiger charge is 2.04. The van der Waals surface area contributed by atoms with Gasteiger partial charge in [-0.05, 0) is 64.8 Å². The molecule has 0 spiro atoms. The summed E-state index contributed by atoms with van der Waals surface area (Å²) in [5.74, 6) is 0.398. The van der Waals surface area contributed by atoms with Gasteiger partial charge in [0.15, 0.2) is 0 Å². The van der Waals surface area contributed by atoms with Crippen LogP contribution in [-0.2, 0) is 0 Å². The summed E-state index contributed by atoms with van der Waals surface area (Å²) in [6, 6.07) is 38.9. The van der Waals surface area contributed by atoms with Crippen molar-refractivity contribution in [2.45, 2.75) is 26.7 Å². The van der Waals surface area contributed by atoms with Gasteiger partial charge in [-0.25, -0.2) is 0 Å². The molecule has 0 saturated heterocycles. The Morgan fingerprint density at radius 1 is 0.594 bits per heavy atom. The lowest BCUT2D eigenvalue weighted by Crippen LogP contribution is -1.90. The zero-order chi connectivity index (χ0) is 22.3. The van der Waals surface area contributed by atoms with Gasteiger partial charge in [0.2, 0.25) is 0 Å². The summed E-state index contributed by atoms with van der Waals surface area (Å²) in [6.45, 7) is 6.64. The molecule has 4 aromatic rings. The molecule has 0 aliphatic rings. The first-order chi connectivity index (χ1) is 15.6. The molecule has 0 aliphatic heterocycles. The summed E-state index contributed by atoms with van der Waals surface area (Å²) in [5, 5.41) is 0. The molecule has 0 nitrogen and oxygen atoms in total. The number of allylic oxidation sites excluding steroid dienone is 4. The Bertz CT molecular complexity index is 1210. The van der Waals surface area contributed by atoms with E-state index in [1.165, 1.54) is 44.5 Å². The van der Waals surface area contributed by atoms with Crippen molar-refractivity contribution in [3.8, 4) is 22.3 Å². The molecular formula is C32H30. The van der Waals surface area contributed by atoms with E-state index in [9.17, 15) is 0 Å². The van der Waals surface area contributed by atoms with Crippen molar-refractivity contribution < 1.29 is 0 Å². The van der Waals surface area contributed by atoms with Gasteiger partial charge in [0, 0.05) is 0 Å². The van der Waals surface area contributed by atoms with Crippen LogP contribution in [0.15, 0.2) is 127 Å². The predicted molar refractivity (Wildman–Crippen MR) is 140 cm³/mol. The molecule has 0 fully saturated rings. The molecule has 0 aromatic heterocycles. The molecule has 0 aliphatic carbocycles. The first kappa shape index (κ1) is 21.6. The largest absolute Gasteiger partial charge is 0.0743 e. The van der Waals surface area contributed by atoms with Crippen LogP contribution >= 0.6 is 0 Å². The number of hydrogen-bond donors (Lipinski definition) is 0. The minimum Gasteiger partial charge on any atom is -0.0743 e. The minimum absolute atomic E-state index is 0.398. The highest BCUT2D eigenvalue weighted by Crippen LogP contribution is 2.28. The maximum absolute atomic E-state index is 2.34. The minimum atomic E-state index is 0.398.